The van der Waals surface area contributed by atoms with Crippen molar-refractivity contribution in [2.45, 2.75) is 20.8 Å². The van der Waals surface area contributed by atoms with Crippen molar-refractivity contribution in [1.82, 2.24) is 5.32 Å². The number of hydrogen-bond donors (Lipinski definition) is 0. The molecule has 1 aromatic carbocycles. The minimum absolute atomic E-state index is 0.0407. The van der Waals surface area contributed by atoms with Gasteiger partial charge in [0.05, 0.1) is 11.4 Å². The van der Waals surface area contributed by atoms with Crippen LogP contribution >= 0.6 is 0 Å². The Morgan fingerprint density at radius 1 is 1.00 bits per heavy atom. The summed E-state index contributed by atoms with van der Waals surface area (Å²) in [4.78, 5) is 4.47. The molecule has 2 heteroatoms. The van der Waals surface area contributed by atoms with Crippen LogP contribution in [0.1, 0.15) is 20.8 Å². The lowest BCUT2D eigenvalue weighted by Crippen LogP contribution is -2.24. The number of para-hydroxylation sites is 2. The van der Waals surface area contributed by atoms with Gasteiger partial charge in [0.15, 0.2) is 0 Å². The smallest absolute Gasteiger partial charge is 0.135 e. The van der Waals surface area contributed by atoms with Crippen LogP contribution in [0.15, 0.2) is 29.3 Å². The molecule has 67 valence electrons. The molecule has 13 heavy (non-hydrogen) atoms. The summed E-state index contributed by atoms with van der Waals surface area (Å²) < 4.78 is 0. The van der Waals surface area contributed by atoms with Gasteiger partial charge in [-0.1, -0.05) is 32.9 Å². The second-order valence-corrected chi connectivity index (χ2v) is 4.29. The molecule has 2 nitrogen and oxygen atoms in total. The lowest BCUT2D eigenvalue weighted by atomic mass is 9.95. The predicted octanol–water partition coefficient (Wildman–Crippen LogP) is 3.01. The maximum absolute atomic E-state index is 4.47. The molecular weight excluding hydrogens is 160 g/mol. The quantitative estimate of drug-likeness (QED) is 0.576. The van der Waals surface area contributed by atoms with Gasteiger partial charge in [-0.3, -0.25) is 0 Å². The van der Waals surface area contributed by atoms with Crippen LogP contribution in [-0.2, 0) is 0 Å². The van der Waals surface area contributed by atoms with Crippen LogP contribution in [0.2, 0.25) is 0 Å². The Balaban J connectivity index is 2.37. The molecule has 0 saturated carbocycles. The van der Waals surface area contributed by atoms with Gasteiger partial charge in [-0.2, -0.15) is 0 Å². The number of nitrogens with zero attached hydrogens (tertiary/aromatic N) is 2. The van der Waals surface area contributed by atoms with Gasteiger partial charge in [0, 0.05) is 5.41 Å². The first-order valence-corrected chi connectivity index (χ1v) is 4.47. The van der Waals surface area contributed by atoms with Crippen molar-refractivity contribution in [2.24, 2.45) is 10.4 Å². The summed E-state index contributed by atoms with van der Waals surface area (Å²) in [7, 11) is 0. The average molecular weight is 173 g/mol. The third kappa shape index (κ3) is 1.44. The van der Waals surface area contributed by atoms with E-state index in [-0.39, 0.29) is 5.41 Å². The maximum Gasteiger partial charge on any atom is 0.135 e. The first-order chi connectivity index (χ1) is 6.07. The van der Waals surface area contributed by atoms with E-state index >= 15 is 0 Å². The molecule has 0 spiro atoms. The Bertz CT molecular complexity index is 359. The maximum atomic E-state index is 4.47. The van der Waals surface area contributed by atoms with Crippen molar-refractivity contribution >= 4 is 17.2 Å². The van der Waals surface area contributed by atoms with Crippen molar-refractivity contribution in [1.29, 1.82) is 0 Å². The van der Waals surface area contributed by atoms with Gasteiger partial charge in [-0.15, -0.1) is 0 Å². The molecule has 0 bridgehead atoms. The minimum atomic E-state index is 0.0407. The fourth-order valence-corrected chi connectivity index (χ4v) is 1.24. The Hall–Kier alpha value is -1.31. The van der Waals surface area contributed by atoms with Crippen LogP contribution in [0.4, 0.5) is 11.4 Å². The van der Waals surface area contributed by atoms with Gasteiger partial charge in [0.1, 0.15) is 5.84 Å². The zero-order chi connectivity index (χ0) is 9.47. The number of rotatable bonds is 0. The summed E-state index contributed by atoms with van der Waals surface area (Å²) in [6.07, 6.45) is 0. The molecule has 0 fully saturated rings. The summed E-state index contributed by atoms with van der Waals surface area (Å²) in [5.74, 6) is 0.925. The molecule has 0 unspecified atom stereocenters. The molecule has 1 aliphatic rings. The molecule has 0 aliphatic carbocycles. The van der Waals surface area contributed by atoms with Crippen LogP contribution in [-0.4, -0.2) is 5.84 Å². The van der Waals surface area contributed by atoms with E-state index in [1.165, 1.54) is 0 Å². The first-order valence-electron chi connectivity index (χ1n) is 4.47. The Labute approximate surface area is 78.7 Å². The Morgan fingerprint density at radius 3 is 2.15 bits per heavy atom. The number of amidine groups is 1. The highest BCUT2D eigenvalue weighted by molar-refractivity contribution is 5.98. The normalized spacial score (nSPS) is 14.8. The zero-order valence-electron chi connectivity index (χ0n) is 8.20. The summed E-state index contributed by atoms with van der Waals surface area (Å²) in [5.41, 5.74) is 2.03. The number of hydrogen-bond acceptors (Lipinski definition) is 1. The van der Waals surface area contributed by atoms with Gasteiger partial charge in [-0.05, 0) is 12.1 Å². The van der Waals surface area contributed by atoms with Crippen LogP contribution in [0.25, 0.3) is 0 Å². The molecule has 1 aliphatic heterocycles. The van der Waals surface area contributed by atoms with Crippen LogP contribution < -0.4 is 5.32 Å². The highest BCUT2D eigenvalue weighted by Gasteiger charge is 2.25. The lowest BCUT2D eigenvalue weighted by Gasteiger charge is -2.16. The minimum Gasteiger partial charge on any atom is -0.231 e. The van der Waals surface area contributed by atoms with E-state index in [0.717, 1.165) is 17.2 Å². The van der Waals surface area contributed by atoms with E-state index in [2.05, 4.69) is 31.1 Å². The second-order valence-electron chi connectivity index (χ2n) is 4.29. The van der Waals surface area contributed by atoms with Crippen LogP contribution in [0, 0.1) is 5.41 Å². The van der Waals surface area contributed by atoms with Crippen molar-refractivity contribution in [3.8, 4) is 0 Å². The highest BCUT2D eigenvalue weighted by atomic mass is 15.1. The Kier molecular flexibility index (Phi) is 1.65. The SMILES string of the molecule is CC(C)(C)C1=Nc2ccccc2[N]1. The van der Waals surface area contributed by atoms with Crippen LogP contribution in [0.3, 0.4) is 0 Å². The molecule has 0 atom stereocenters. The number of aliphatic imine (C=N–C) groups is 1. The Morgan fingerprint density at radius 2 is 1.62 bits per heavy atom. The van der Waals surface area contributed by atoms with Crippen molar-refractivity contribution in [3.05, 3.63) is 24.3 Å². The van der Waals surface area contributed by atoms with Gasteiger partial charge >= 0.3 is 0 Å². The van der Waals surface area contributed by atoms with E-state index in [1.807, 2.05) is 24.3 Å². The third-order valence-corrected chi connectivity index (χ3v) is 2.01. The lowest BCUT2D eigenvalue weighted by molar-refractivity contribution is 0.578. The third-order valence-electron chi connectivity index (χ3n) is 2.01. The fourth-order valence-electron chi connectivity index (χ4n) is 1.24. The van der Waals surface area contributed by atoms with E-state index in [4.69, 9.17) is 0 Å². The number of benzene rings is 1. The molecule has 0 saturated heterocycles. The molecule has 0 N–H and O–H groups in total. The standard InChI is InChI=1S/C11H13N2/c1-11(2,3)10-12-8-6-4-5-7-9(8)13-10/h4-7H,1-3H3. The van der Waals surface area contributed by atoms with Gasteiger partial charge in [0.25, 0.3) is 0 Å². The highest BCUT2D eigenvalue weighted by Crippen LogP contribution is 2.34. The van der Waals surface area contributed by atoms with Crippen molar-refractivity contribution < 1.29 is 0 Å². The first kappa shape index (κ1) is 8.30. The zero-order valence-corrected chi connectivity index (χ0v) is 8.20. The van der Waals surface area contributed by atoms with Crippen molar-refractivity contribution in [3.63, 3.8) is 0 Å². The topological polar surface area (TPSA) is 26.5 Å². The van der Waals surface area contributed by atoms with Gasteiger partial charge in [0.2, 0.25) is 0 Å². The summed E-state index contributed by atoms with van der Waals surface area (Å²) in [6.45, 7) is 6.38. The monoisotopic (exact) mass is 173 g/mol. The van der Waals surface area contributed by atoms with E-state index in [1.54, 1.807) is 0 Å². The van der Waals surface area contributed by atoms with E-state index in [9.17, 15) is 0 Å². The molecular formula is C11H13N2. The van der Waals surface area contributed by atoms with Gasteiger partial charge < -0.3 is 0 Å². The molecule has 1 heterocycles. The number of fused-ring (bicyclic) bond motifs is 1. The second kappa shape index (κ2) is 2.59. The fraction of sp³-hybridized carbons (Fsp3) is 0.364. The summed E-state index contributed by atoms with van der Waals surface area (Å²) in [5, 5.41) is 4.47. The molecule has 1 aromatic rings. The van der Waals surface area contributed by atoms with Crippen LogP contribution in [0.5, 0.6) is 0 Å². The van der Waals surface area contributed by atoms with Gasteiger partial charge in [-0.25, -0.2) is 10.3 Å². The molecule has 1 radical (unpaired) electrons. The molecule has 0 aromatic heterocycles. The van der Waals surface area contributed by atoms with E-state index in [0.29, 0.717) is 0 Å². The summed E-state index contributed by atoms with van der Waals surface area (Å²) >= 11 is 0. The summed E-state index contributed by atoms with van der Waals surface area (Å²) in [6, 6.07) is 7.97. The average Bonchev–Trinajstić information content (AvgIpc) is 2.45. The largest absolute Gasteiger partial charge is 0.231 e. The van der Waals surface area contributed by atoms with E-state index < -0.39 is 0 Å². The van der Waals surface area contributed by atoms with Crippen molar-refractivity contribution in [2.75, 3.05) is 0 Å². The predicted molar refractivity (Wildman–Crippen MR) is 54.8 cm³/mol. The molecule has 2 rings (SSSR count). The molecule has 0 amide bonds.